The first-order valence-corrected chi connectivity index (χ1v) is 17.7. The van der Waals surface area contributed by atoms with E-state index in [4.69, 9.17) is 9.47 Å². The number of allylic oxidation sites excluding steroid dienone is 5. The summed E-state index contributed by atoms with van der Waals surface area (Å²) < 4.78 is 10.9. The predicted octanol–water partition coefficient (Wildman–Crippen LogP) is 5.38. The maximum absolute atomic E-state index is 12.2. The highest BCUT2D eigenvalue weighted by Crippen LogP contribution is 2.22. The third-order valence-corrected chi connectivity index (χ3v) is 8.17. The summed E-state index contributed by atoms with van der Waals surface area (Å²) >= 11 is 0. The van der Waals surface area contributed by atoms with E-state index in [-0.39, 0.29) is 18.9 Å². The molecule has 0 aromatic carbocycles. The maximum atomic E-state index is 12.2. The van der Waals surface area contributed by atoms with Gasteiger partial charge in [-0.3, -0.25) is 4.79 Å². The van der Waals surface area contributed by atoms with Gasteiger partial charge in [0.2, 0.25) is 5.91 Å². The van der Waals surface area contributed by atoms with Crippen molar-refractivity contribution >= 4 is 5.91 Å². The first-order chi connectivity index (χ1) is 21.8. The minimum absolute atomic E-state index is 0.212. The molecule has 0 aromatic heterocycles. The molecule has 1 saturated heterocycles. The van der Waals surface area contributed by atoms with Gasteiger partial charge >= 0.3 is 0 Å². The smallest absolute Gasteiger partial charge is 0.220 e. The fourth-order valence-corrected chi connectivity index (χ4v) is 5.29. The number of ether oxygens (including phenoxy) is 2. The van der Waals surface area contributed by atoms with Crippen LogP contribution in [0.25, 0.3) is 0 Å². The van der Waals surface area contributed by atoms with Gasteiger partial charge in [0.05, 0.1) is 25.4 Å². The summed E-state index contributed by atoms with van der Waals surface area (Å²) in [5.74, 6) is -0.247. The van der Waals surface area contributed by atoms with Crippen molar-refractivity contribution in [3.8, 4) is 0 Å². The van der Waals surface area contributed by atoms with Gasteiger partial charge in [0.25, 0.3) is 0 Å². The minimum Gasteiger partial charge on any atom is -0.394 e. The second-order valence-electron chi connectivity index (χ2n) is 12.3. The van der Waals surface area contributed by atoms with Crippen LogP contribution in [-0.4, -0.2) is 87.5 Å². The van der Waals surface area contributed by atoms with E-state index in [1.54, 1.807) is 6.08 Å². The molecule has 262 valence electrons. The molecule has 45 heavy (non-hydrogen) atoms. The second-order valence-corrected chi connectivity index (χ2v) is 12.3. The van der Waals surface area contributed by atoms with Gasteiger partial charge in [0, 0.05) is 6.42 Å². The van der Waals surface area contributed by atoms with Crippen LogP contribution >= 0.6 is 0 Å². The Kier molecular flexibility index (Phi) is 25.3. The van der Waals surface area contributed by atoms with E-state index >= 15 is 0 Å². The Hall–Kier alpha value is -1.59. The molecule has 9 heteroatoms. The molecule has 1 aliphatic heterocycles. The van der Waals surface area contributed by atoms with E-state index in [2.05, 4.69) is 36.5 Å². The Morgan fingerprint density at radius 3 is 1.82 bits per heavy atom. The van der Waals surface area contributed by atoms with E-state index in [9.17, 15) is 30.3 Å². The molecule has 0 aliphatic carbocycles. The molecule has 0 aromatic rings. The van der Waals surface area contributed by atoms with Crippen molar-refractivity contribution in [2.24, 2.45) is 0 Å². The highest BCUT2D eigenvalue weighted by atomic mass is 16.7. The summed E-state index contributed by atoms with van der Waals surface area (Å²) in [6.45, 7) is 3.36. The van der Waals surface area contributed by atoms with Crippen LogP contribution in [0.5, 0.6) is 0 Å². The zero-order chi connectivity index (χ0) is 33.1. The second kappa shape index (κ2) is 27.5. The Morgan fingerprint density at radius 2 is 1.27 bits per heavy atom. The molecule has 0 bridgehead atoms. The summed E-state index contributed by atoms with van der Waals surface area (Å²) in [5.41, 5.74) is 0. The van der Waals surface area contributed by atoms with Gasteiger partial charge < -0.3 is 40.3 Å². The largest absolute Gasteiger partial charge is 0.394 e. The summed E-state index contributed by atoms with van der Waals surface area (Å²) in [7, 11) is 0. The lowest BCUT2D eigenvalue weighted by Crippen LogP contribution is -2.60. The third kappa shape index (κ3) is 19.6. The minimum atomic E-state index is -1.57. The number of hydrogen-bond donors (Lipinski definition) is 6. The lowest BCUT2D eigenvalue weighted by Gasteiger charge is -2.40. The lowest BCUT2D eigenvalue weighted by molar-refractivity contribution is -0.302. The van der Waals surface area contributed by atoms with Gasteiger partial charge in [0.1, 0.15) is 24.4 Å². The highest BCUT2D eigenvalue weighted by Gasteiger charge is 2.44. The van der Waals surface area contributed by atoms with Crippen LogP contribution in [0.1, 0.15) is 129 Å². The van der Waals surface area contributed by atoms with Crippen LogP contribution < -0.4 is 5.32 Å². The van der Waals surface area contributed by atoms with Gasteiger partial charge in [-0.2, -0.15) is 0 Å². The van der Waals surface area contributed by atoms with Crippen LogP contribution in [0, 0.1) is 0 Å². The summed E-state index contributed by atoms with van der Waals surface area (Å²) in [6, 6.07) is -0.819. The molecule has 1 rings (SSSR count). The number of carbonyl (C=O) groups is 1. The monoisotopic (exact) mass is 639 g/mol. The third-order valence-electron chi connectivity index (χ3n) is 8.17. The topological polar surface area (TPSA) is 149 Å². The number of aliphatic hydroxyl groups excluding tert-OH is 5. The van der Waals surface area contributed by atoms with Crippen molar-refractivity contribution < 1.29 is 39.8 Å². The molecule has 7 atom stereocenters. The fourth-order valence-electron chi connectivity index (χ4n) is 5.29. The summed E-state index contributed by atoms with van der Waals surface area (Å²) in [4.78, 5) is 12.2. The van der Waals surface area contributed by atoms with Crippen molar-refractivity contribution in [1.29, 1.82) is 0 Å². The average molecular weight is 640 g/mol. The molecule has 1 heterocycles. The van der Waals surface area contributed by atoms with Crippen molar-refractivity contribution in [3.05, 3.63) is 36.5 Å². The molecule has 6 N–H and O–H groups in total. The zero-order valence-corrected chi connectivity index (χ0v) is 28.1. The number of nitrogens with one attached hydrogen (secondary N) is 1. The molecule has 7 unspecified atom stereocenters. The predicted molar refractivity (Wildman–Crippen MR) is 180 cm³/mol. The van der Waals surface area contributed by atoms with E-state index in [0.29, 0.717) is 6.42 Å². The van der Waals surface area contributed by atoms with Crippen LogP contribution in [0.4, 0.5) is 0 Å². The average Bonchev–Trinajstić information content (AvgIpc) is 3.03. The van der Waals surface area contributed by atoms with Gasteiger partial charge in [-0.15, -0.1) is 0 Å². The van der Waals surface area contributed by atoms with Crippen LogP contribution in [-0.2, 0) is 14.3 Å². The number of amides is 1. The quantitative estimate of drug-likeness (QED) is 0.0519. The van der Waals surface area contributed by atoms with Crippen molar-refractivity contribution in [3.63, 3.8) is 0 Å². The SMILES string of the molecule is CCCCCCCCCCCCC/C=C/CC/C=C/CC/C=C/C(O)C(COC1OC(CO)C(O)C(O)C1O)NC(=O)CCC. The van der Waals surface area contributed by atoms with Crippen LogP contribution in [0.2, 0.25) is 0 Å². The van der Waals surface area contributed by atoms with Gasteiger partial charge in [-0.1, -0.05) is 115 Å². The molecule has 0 radical (unpaired) electrons. The molecule has 1 fully saturated rings. The van der Waals surface area contributed by atoms with E-state index in [1.807, 2.05) is 13.0 Å². The first-order valence-electron chi connectivity index (χ1n) is 17.7. The lowest BCUT2D eigenvalue weighted by atomic mass is 9.99. The van der Waals surface area contributed by atoms with Gasteiger partial charge in [-0.05, 0) is 44.9 Å². The van der Waals surface area contributed by atoms with Gasteiger partial charge in [-0.25, -0.2) is 0 Å². The first kappa shape index (κ1) is 41.4. The van der Waals surface area contributed by atoms with E-state index in [1.165, 1.54) is 77.0 Å². The molecule has 1 aliphatic rings. The standard InChI is InChI=1S/C36H65NO8/c1-3-5-6-7-8-9-10-11-12-13-14-15-16-17-18-19-20-21-22-23-24-26-30(39)29(37-32(40)25-4-2)28-44-36-35(43)34(42)33(41)31(27-38)45-36/h16-17,20-21,24,26,29-31,33-36,38-39,41-43H,3-15,18-19,22-23,25,27-28H2,1-2H3,(H,37,40)/b17-16+,21-20+,26-24+. The van der Waals surface area contributed by atoms with Crippen molar-refractivity contribution in [1.82, 2.24) is 5.32 Å². The van der Waals surface area contributed by atoms with Gasteiger partial charge in [0.15, 0.2) is 6.29 Å². The normalized spacial score (nSPS) is 23.8. The van der Waals surface area contributed by atoms with E-state index < -0.39 is 49.5 Å². The highest BCUT2D eigenvalue weighted by molar-refractivity contribution is 5.76. The number of unbranched alkanes of at least 4 members (excludes halogenated alkanes) is 13. The molecule has 1 amide bonds. The molecule has 9 nitrogen and oxygen atoms in total. The zero-order valence-electron chi connectivity index (χ0n) is 28.1. The Bertz CT molecular complexity index is 802. The molecular formula is C36H65NO8. The summed E-state index contributed by atoms with van der Waals surface area (Å²) in [6.07, 6.45) is 25.0. The van der Waals surface area contributed by atoms with Crippen LogP contribution in [0.15, 0.2) is 36.5 Å². The summed E-state index contributed by atoms with van der Waals surface area (Å²) in [5, 5.41) is 53.0. The van der Waals surface area contributed by atoms with Crippen LogP contribution in [0.3, 0.4) is 0 Å². The molecular weight excluding hydrogens is 574 g/mol. The number of rotatable bonds is 27. The van der Waals surface area contributed by atoms with Crippen molar-refractivity contribution in [2.45, 2.75) is 172 Å². The molecule has 0 spiro atoms. The molecule has 0 saturated carbocycles. The van der Waals surface area contributed by atoms with Crippen molar-refractivity contribution in [2.75, 3.05) is 13.2 Å². The van der Waals surface area contributed by atoms with E-state index in [0.717, 1.165) is 25.7 Å². The fraction of sp³-hybridized carbons (Fsp3) is 0.806. The number of hydrogen-bond acceptors (Lipinski definition) is 8. The Labute approximate surface area is 272 Å². The maximum Gasteiger partial charge on any atom is 0.220 e. The Balaban J connectivity index is 2.25. The number of carbonyl (C=O) groups excluding carboxylic acids is 1. The Morgan fingerprint density at radius 1 is 0.733 bits per heavy atom. The number of aliphatic hydroxyl groups is 5.